The summed E-state index contributed by atoms with van der Waals surface area (Å²) in [5, 5.41) is 0. The molecule has 0 atom stereocenters. The zero-order valence-electron chi connectivity index (χ0n) is 10.9. The van der Waals surface area contributed by atoms with Crippen LogP contribution in [-0.2, 0) is 0 Å². The molecule has 0 heterocycles. The van der Waals surface area contributed by atoms with Gasteiger partial charge in [-0.05, 0) is 37.3 Å². The molecule has 0 aliphatic rings. The van der Waals surface area contributed by atoms with Crippen molar-refractivity contribution in [1.82, 2.24) is 0 Å². The summed E-state index contributed by atoms with van der Waals surface area (Å²) in [4.78, 5) is 14.0. The summed E-state index contributed by atoms with van der Waals surface area (Å²) in [5.74, 6) is -0.963. The summed E-state index contributed by atoms with van der Waals surface area (Å²) in [6, 6.07) is 11.3. The zero-order chi connectivity index (χ0) is 14.7. The Kier molecular flexibility index (Phi) is 4.39. The number of para-hydroxylation sites is 2. The van der Waals surface area contributed by atoms with Crippen LogP contribution in [0.2, 0.25) is 0 Å². The normalized spacial score (nSPS) is 10.3. The minimum absolute atomic E-state index is 0.0180. The Morgan fingerprint density at radius 3 is 2.65 bits per heavy atom. The standard InChI is InChI=1S/C15H14BrFN2O/c1-2-19(14-6-4-3-5-13(14)18)15(20)11-9-10(16)7-8-12(11)17/h3-9H,2,18H2,1H3. The Labute approximate surface area is 125 Å². The lowest BCUT2D eigenvalue weighted by Crippen LogP contribution is -2.32. The van der Waals surface area contributed by atoms with E-state index >= 15 is 0 Å². The Hall–Kier alpha value is -1.88. The fraction of sp³-hybridized carbons (Fsp3) is 0.133. The van der Waals surface area contributed by atoms with E-state index in [0.717, 1.165) is 0 Å². The first-order chi connectivity index (χ1) is 9.54. The minimum Gasteiger partial charge on any atom is -0.397 e. The van der Waals surface area contributed by atoms with Crippen LogP contribution >= 0.6 is 15.9 Å². The summed E-state index contributed by atoms with van der Waals surface area (Å²) in [7, 11) is 0. The minimum atomic E-state index is -0.550. The topological polar surface area (TPSA) is 46.3 Å². The highest BCUT2D eigenvalue weighted by Gasteiger charge is 2.21. The molecule has 0 fully saturated rings. The van der Waals surface area contributed by atoms with E-state index in [1.807, 2.05) is 6.92 Å². The average Bonchev–Trinajstić information content (AvgIpc) is 2.44. The van der Waals surface area contributed by atoms with Gasteiger partial charge in [0.25, 0.3) is 5.91 Å². The number of nitrogen functional groups attached to an aromatic ring is 1. The second kappa shape index (κ2) is 6.05. The Bertz CT molecular complexity index is 646. The average molecular weight is 337 g/mol. The smallest absolute Gasteiger partial charge is 0.261 e. The fourth-order valence-corrected chi connectivity index (χ4v) is 2.32. The zero-order valence-corrected chi connectivity index (χ0v) is 12.5. The molecule has 3 nitrogen and oxygen atoms in total. The van der Waals surface area contributed by atoms with Gasteiger partial charge in [-0.2, -0.15) is 0 Å². The van der Waals surface area contributed by atoms with Crippen LogP contribution in [0.25, 0.3) is 0 Å². The molecule has 104 valence electrons. The number of amides is 1. The van der Waals surface area contributed by atoms with Crippen LogP contribution in [0.15, 0.2) is 46.9 Å². The lowest BCUT2D eigenvalue weighted by molar-refractivity contribution is 0.0984. The first-order valence-electron chi connectivity index (χ1n) is 6.16. The van der Waals surface area contributed by atoms with Gasteiger partial charge in [0.1, 0.15) is 5.82 Å². The van der Waals surface area contributed by atoms with Gasteiger partial charge in [0.2, 0.25) is 0 Å². The molecule has 0 unspecified atom stereocenters. The molecule has 2 N–H and O–H groups in total. The first-order valence-corrected chi connectivity index (χ1v) is 6.95. The van der Waals surface area contributed by atoms with Gasteiger partial charge in [0.05, 0.1) is 16.9 Å². The van der Waals surface area contributed by atoms with Crippen LogP contribution < -0.4 is 10.6 Å². The fourth-order valence-electron chi connectivity index (χ4n) is 1.96. The molecule has 2 aromatic rings. The molecule has 0 saturated carbocycles. The van der Waals surface area contributed by atoms with E-state index in [1.165, 1.54) is 17.0 Å². The predicted molar refractivity (Wildman–Crippen MR) is 82.3 cm³/mol. The SMILES string of the molecule is CCN(C(=O)c1cc(Br)ccc1F)c1ccccc1N. The number of nitrogens with two attached hydrogens (primary N) is 1. The summed E-state index contributed by atoms with van der Waals surface area (Å²) in [6.07, 6.45) is 0. The lowest BCUT2D eigenvalue weighted by Gasteiger charge is -2.23. The Morgan fingerprint density at radius 1 is 1.30 bits per heavy atom. The maximum atomic E-state index is 13.8. The highest BCUT2D eigenvalue weighted by Crippen LogP contribution is 2.25. The van der Waals surface area contributed by atoms with Crippen molar-refractivity contribution in [3.05, 3.63) is 58.3 Å². The molecule has 2 aromatic carbocycles. The van der Waals surface area contributed by atoms with E-state index in [2.05, 4.69) is 15.9 Å². The molecule has 1 amide bonds. The molecule has 0 aliphatic carbocycles. The molecule has 0 aliphatic heterocycles. The Balaban J connectivity index is 2.45. The largest absolute Gasteiger partial charge is 0.397 e. The van der Waals surface area contributed by atoms with Crippen molar-refractivity contribution in [1.29, 1.82) is 0 Å². The quantitative estimate of drug-likeness (QED) is 0.865. The molecule has 0 bridgehead atoms. The van der Waals surface area contributed by atoms with Crippen molar-refractivity contribution in [2.45, 2.75) is 6.92 Å². The highest BCUT2D eigenvalue weighted by atomic mass is 79.9. The van der Waals surface area contributed by atoms with Crippen molar-refractivity contribution in [3.63, 3.8) is 0 Å². The van der Waals surface area contributed by atoms with Gasteiger partial charge in [-0.3, -0.25) is 4.79 Å². The molecular weight excluding hydrogens is 323 g/mol. The van der Waals surface area contributed by atoms with Crippen molar-refractivity contribution < 1.29 is 9.18 Å². The second-order valence-electron chi connectivity index (χ2n) is 4.23. The summed E-state index contributed by atoms with van der Waals surface area (Å²) in [5.41, 5.74) is 6.97. The van der Waals surface area contributed by atoms with Crippen LogP contribution in [0.3, 0.4) is 0 Å². The summed E-state index contributed by atoms with van der Waals surface area (Å²) in [6.45, 7) is 2.22. The number of rotatable bonds is 3. The molecule has 20 heavy (non-hydrogen) atoms. The van der Waals surface area contributed by atoms with Gasteiger partial charge >= 0.3 is 0 Å². The molecule has 5 heteroatoms. The van der Waals surface area contributed by atoms with Gasteiger partial charge in [-0.25, -0.2) is 4.39 Å². The monoisotopic (exact) mass is 336 g/mol. The number of hydrogen-bond donors (Lipinski definition) is 1. The van der Waals surface area contributed by atoms with Crippen molar-refractivity contribution in [2.24, 2.45) is 0 Å². The molecule has 0 saturated heterocycles. The first kappa shape index (κ1) is 14.5. The maximum Gasteiger partial charge on any atom is 0.261 e. The van der Waals surface area contributed by atoms with E-state index in [4.69, 9.17) is 5.73 Å². The van der Waals surface area contributed by atoms with Gasteiger partial charge in [-0.1, -0.05) is 28.1 Å². The van der Waals surface area contributed by atoms with Gasteiger partial charge in [0.15, 0.2) is 0 Å². The maximum absolute atomic E-state index is 13.8. The van der Waals surface area contributed by atoms with Crippen LogP contribution in [0.1, 0.15) is 17.3 Å². The number of anilines is 2. The molecule has 0 radical (unpaired) electrons. The van der Waals surface area contributed by atoms with E-state index in [9.17, 15) is 9.18 Å². The molecule has 0 spiro atoms. The van der Waals surface area contributed by atoms with Crippen molar-refractivity contribution in [3.8, 4) is 0 Å². The highest BCUT2D eigenvalue weighted by molar-refractivity contribution is 9.10. The third-order valence-corrected chi connectivity index (χ3v) is 3.44. The third-order valence-electron chi connectivity index (χ3n) is 2.95. The number of nitrogens with zero attached hydrogens (tertiary/aromatic N) is 1. The number of carbonyl (C=O) groups is 1. The molecule has 0 aromatic heterocycles. The predicted octanol–water partition coefficient (Wildman–Crippen LogP) is 3.84. The van der Waals surface area contributed by atoms with E-state index < -0.39 is 11.7 Å². The number of halogens is 2. The van der Waals surface area contributed by atoms with Gasteiger partial charge < -0.3 is 10.6 Å². The second-order valence-corrected chi connectivity index (χ2v) is 5.15. The summed E-state index contributed by atoms with van der Waals surface area (Å²) >= 11 is 3.24. The third kappa shape index (κ3) is 2.82. The molecular formula is C15H14BrFN2O. The van der Waals surface area contributed by atoms with Crippen molar-refractivity contribution in [2.75, 3.05) is 17.2 Å². The van der Waals surface area contributed by atoms with E-state index in [1.54, 1.807) is 30.3 Å². The Morgan fingerprint density at radius 2 is 2.00 bits per heavy atom. The van der Waals surface area contributed by atoms with Crippen LogP contribution in [0.5, 0.6) is 0 Å². The van der Waals surface area contributed by atoms with Crippen molar-refractivity contribution >= 4 is 33.2 Å². The number of benzene rings is 2. The van der Waals surface area contributed by atoms with E-state index in [-0.39, 0.29) is 5.56 Å². The lowest BCUT2D eigenvalue weighted by atomic mass is 10.1. The van der Waals surface area contributed by atoms with Crippen LogP contribution in [0, 0.1) is 5.82 Å². The van der Waals surface area contributed by atoms with Crippen LogP contribution in [-0.4, -0.2) is 12.5 Å². The number of carbonyl (C=O) groups excluding carboxylic acids is 1. The van der Waals surface area contributed by atoms with Gasteiger partial charge in [-0.15, -0.1) is 0 Å². The van der Waals surface area contributed by atoms with Crippen LogP contribution in [0.4, 0.5) is 15.8 Å². The van der Waals surface area contributed by atoms with E-state index in [0.29, 0.717) is 22.4 Å². The number of hydrogen-bond acceptors (Lipinski definition) is 2. The summed E-state index contributed by atoms with van der Waals surface area (Å²) < 4.78 is 14.5. The molecule has 2 rings (SSSR count). The van der Waals surface area contributed by atoms with Gasteiger partial charge in [0, 0.05) is 11.0 Å².